The van der Waals surface area contributed by atoms with Crippen molar-refractivity contribution in [1.29, 1.82) is 0 Å². The lowest BCUT2D eigenvalue weighted by atomic mass is 10.3. The molecule has 2 aromatic rings. The van der Waals surface area contributed by atoms with Crippen LogP contribution in [-0.4, -0.2) is 53.9 Å². The third-order valence-electron chi connectivity index (χ3n) is 3.81. The first kappa shape index (κ1) is 16.7. The molecule has 24 heavy (non-hydrogen) atoms. The van der Waals surface area contributed by atoms with E-state index in [1.807, 2.05) is 7.05 Å². The highest BCUT2D eigenvalue weighted by atomic mass is 35.5. The van der Waals surface area contributed by atoms with Crippen LogP contribution in [0.2, 0.25) is 5.02 Å². The zero-order valence-electron chi connectivity index (χ0n) is 13.2. The number of carbonyl (C=O) groups excluding carboxylic acids is 1. The molecule has 1 fully saturated rings. The van der Waals surface area contributed by atoms with E-state index in [9.17, 15) is 9.18 Å². The van der Waals surface area contributed by atoms with E-state index in [1.165, 1.54) is 18.4 Å². The van der Waals surface area contributed by atoms with Crippen LogP contribution in [-0.2, 0) is 6.61 Å². The molecule has 8 heteroatoms. The van der Waals surface area contributed by atoms with Gasteiger partial charge in [-0.1, -0.05) is 11.6 Å². The van der Waals surface area contributed by atoms with Crippen molar-refractivity contribution in [2.45, 2.75) is 6.61 Å². The number of amides is 1. The predicted molar refractivity (Wildman–Crippen MR) is 85.6 cm³/mol. The summed E-state index contributed by atoms with van der Waals surface area (Å²) < 4.78 is 23.7. The molecule has 1 aromatic heterocycles. The monoisotopic (exact) mass is 353 g/mol. The molecule has 0 radical (unpaired) electrons. The molecule has 0 unspecified atom stereocenters. The number of halogens is 2. The number of rotatable bonds is 4. The van der Waals surface area contributed by atoms with E-state index in [0.717, 1.165) is 19.2 Å². The molecule has 3 rings (SSSR count). The fraction of sp³-hybridized carbons (Fsp3) is 0.375. The Labute approximate surface area is 143 Å². The third kappa shape index (κ3) is 3.85. The number of ether oxygens (including phenoxy) is 1. The molecule has 1 amide bonds. The minimum absolute atomic E-state index is 0.00136. The van der Waals surface area contributed by atoms with Gasteiger partial charge in [-0.05, 0) is 25.2 Å². The second-order valence-corrected chi connectivity index (χ2v) is 5.99. The third-order valence-corrected chi connectivity index (χ3v) is 4.10. The standard InChI is InChI=1S/C16H17ClFN3O3/c1-20-4-6-21(7-5-20)16(22)13-9-24-15(19-13)10-23-14-3-2-11(18)8-12(14)17/h2-3,8-9H,4-7,10H2,1H3. The van der Waals surface area contributed by atoms with Gasteiger partial charge in [-0.3, -0.25) is 4.79 Å². The van der Waals surface area contributed by atoms with E-state index in [2.05, 4.69) is 9.88 Å². The summed E-state index contributed by atoms with van der Waals surface area (Å²) in [4.78, 5) is 20.4. The summed E-state index contributed by atoms with van der Waals surface area (Å²) in [5.41, 5.74) is 0.253. The van der Waals surface area contributed by atoms with E-state index in [4.69, 9.17) is 20.8 Å². The summed E-state index contributed by atoms with van der Waals surface area (Å²) in [5.74, 6) is -0.0162. The number of likely N-dealkylation sites (N-methyl/N-ethyl adjacent to an activating group) is 1. The van der Waals surface area contributed by atoms with Gasteiger partial charge in [-0.25, -0.2) is 9.37 Å². The maximum Gasteiger partial charge on any atom is 0.275 e. The quantitative estimate of drug-likeness (QED) is 0.845. The lowest BCUT2D eigenvalue weighted by Gasteiger charge is -2.31. The highest BCUT2D eigenvalue weighted by molar-refractivity contribution is 6.32. The zero-order valence-corrected chi connectivity index (χ0v) is 13.9. The molecular formula is C16H17ClFN3O3. The van der Waals surface area contributed by atoms with Gasteiger partial charge in [0.1, 0.15) is 17.8 Å². The molecule has 1 aliphatic rings. The molecule has 1 aromatic carbocycles. The highest BCUT2D eigenvalue weighted by Gasteiger charge is 2.23. The first-order valence-corrected chi connectivity index (χ1v) is 7.91. The van der Waals surface area contributed by atoms with Crippen molar-refractivity contribution in [1.82, 2.24) is 14.8 Å². The lowest BCUT2D eigenvalue weighted by molar-refractivity contribution is 0.0658. The summed E-state index contributed by atoms with van der Waals surface area (Å²) in [6, 6.07) is 3.84. The molecule has 2 heterocycles. The molecule has 0 bridgehead atoms. The predicted octanol–water partition coefficient (Wildman–Crippen LogP) is 2.43. The van der Waals surface area contributed by atoms with Crippen molar-refractivity contribution in [2.24, 2.45) is 0 Å². The summed E-state index contributed by atoms with van der Waals surface area (Å²) in [6.07, 6.45) is 1.33. The van der Waals surface area contributed by atoms with Crippen LogP contribution in [0.3, 0.4) is 0 Å². The molecular weight excluding hydrogens is 337 g/mol. The average molecular weight is 354 g/mol. The summed E-state index contributed by atoms with van der Waals surface area (Å²) in [7, 11) is 2.02. The van der Waals surface area contributed by atoms with Gasteiger partial charge in [0.05, 0.1) is 5.02 Å². The molecule has 1 aliphatic heterocycles. The Hall–Kier alpha value is -2.12. The van der Waals surface area contributed by atoms with Crippen LogP contribution in [0.15, 0.2) is 28.9 Å². The van der Waals surface area contributed by atoms with Crippen LogP contribution in [0.1, 0.15) is 16.4 Å². The summed E-state index contributed by atoms with van der Waals surface area (Å²) >= 11 is 5.88. The molecule has 0 atom stereocenters. The van der Waals surface area contributed by atoms with Crippen LogP contribution in [0, 0.1) is 5.82 Å². The largest absolute Gasteiger partial charge is 0.482 e. The first-order chi connectivity index (χ1) is 11.5. The molecule has 6 nitrogen and oxygen atoms in total. The summed E-state index contributed by atoms with van der Waals surface area (Å²) in [5, 5.41) is 0.162. The Balaban J connectivity index is 1.60. The Kier molecular flexibility index (Phi) is 5.01. The van der Waals surface area contributed by atoms with Gasteiger partial charge in [0.15, 0.2) is 12.3 Å². The topological polar surface area (TPSA) is 58.8 Å². The SMILES string of the molecule is CN1CCN(C(=O)c2coc(COc3ccc(F)cc3Cl)n2)CC1. The Morgan fingerprint density at radius 3 is 2.83 bits per heavy atom. The van der Waals surface area contributed by atoms with Crippen molar-refractivity contribution in [3.05, 3.63) is 46.9 Å². The van der Waals surface area contributed by atoms with E-state index in [1.54, 1.807) is 4.90 Å². The van der Waals surface area contributed by atoms with Crippen LogP contribution >= 0.6 is 11.6 Å². The number of oxazole rings is 1. The van der Waals surface area contributed by atoms with Gasteiger partial charge in [0.25, 0.3) is 5.91 Å². The maximum atomic E-state index is 13.0. The number of carbonyl (C=O) groups is 1. The fourth-order valence-electron chi connectivity index (χ4n) is 2.38. The lowest BCUT2D eigenvalue weighted by Crippen LogP contribution is -2.47. The van der Waals surface area contributed by atoms with E-state index in [-0.39, 0.29) is 29.1 Å². The van der Waals surface area contributed by atoms with E-state index < -0.39 is 5.82 Å². The number of benzene rings is 1. The van der Waals surface area contributed by atoms with Crippen molar-refractivity contribution < 1.29 is 18.3 Å². The molecule has 0 saturated carbocycles. The van der Waals surface area contributed by atoms with Gasteiger partial charge in [-0.2, -0.15) is 0 Å². The van der Waals surface area contributed by atoms with E-state index in [0.29, 0.717) is 18.8 Å². The smallest absolute Gasteiger partial charge is 0.275 e. The number of hydrogen-bond acceptors (Lipinski definition) is 5. The van der Waals surface area contributed by atoms with Crippen molar-refractivity contribution in [3.8, 4) is 5.75 Å². The van der Waals surface area contributed by atoms with Gasteiger partial charge in [0.2, 0.25) is 5.89 Å². The number of aromatic nitrogens is 1. The van der Waals surface area contributed by atoms with Gasteiger partial charge in [0, 0.05) is 26.2 Å². The second kappa shape index (κ2) is 7.19. The van der Waals surface area contributed by atoms with Gasteiger partial charge < -0.3 is 19.0 Å². The first-order valence-electron chi connectivity index (χ1n) is 7.53. The molecule has 0 aliphatic carbocycles. The summed E-state index contributed by atoms with van der Waals surface area (Å²) in [6.45, 7) is 3.01. The van der Waals surface area contributed by atoms with Crippen molar-refractivity contribution >= 4 is 17.5 Å². The normalized spacial score (nSPS) is 15.5. The van der Waals surface area contributed by atoms with Crippen LogP contribution in [0.5, 0.6) is 5.75 Å². The minimum Gasteiger partial charge on any atom is -0.482 e. The number of hydrogen-bond donors (Lipinski definition) is 0. The van der Waals surface area contributed by atoms with Crippen LogP contribution in [0.25, 0.3) is 0 Å². The molecule has 128 valence electrons. The Morgan fingerprint density at radius 2 is 2.12 bits per heavy atom. The highest BCUT2D eigenvalue weighted by Crippen LogP contribution is 2.25. The minimum atomic E-state index is -0.441. The maximum absolute atomic E-state index is 13.0. The second-order valence-electron chi connectivity index (χ2n) is 5.59. The van der Waals surface area contributed by atoms with Gasteiger partial charge >= 0.3 is 0 Å². The number of piperazine rings is 1. The Morgan fingerprint density at radius 1 is 1.38 bits per heavy atom. The van der Waals surface area contributed by atoms with Crippen LogP contribution < -0.4 is 4.74 Å². The molecule has 0 spiro atoms. The van der Waals surface area contributed by atoms with Crippen molar-refractivity contribution in [2.75, 3.05) is 33.2 Å². The molecule has 1 saturated heterocycles. The van der Waals surface area contributed by atoms with E-state index >= 15 is 0 Å². The van der Waals surface area contributed by atoms with Gasteiger partial charge in [-0.15, -0.1) is 0 Å². The Bertz CT molecular complexity index is 729. The van der Waals surface area contributed by atoms with Crippen molar-refractivity contribution in [3.63, 3.8) is 0 Å². The fourth-order valence-corrected chi connectivity index (χ4v) is 2.60. The van der Waals surface area contributed by atoms with Crippen LogP contribution in [0.4, 0.5) is 4.39 Å². The average Bonchev–Trinajstić information content (AvgIpc) is 3.03. The molecule has 0 N–H and O–H groups in total. The zero-order chi connectivity index (χ0) is 17.1. The number of nitrogens with zero attached hydrogens (tertiary/aromatic N) is 3.